The molecule has 4 rings (SSSR count). The molecule has 0 unspecified atom stereocenters. The Morgan fingerprint density at radius 3 is 2.44 bits per heavy atom. The lowest BCUT2D eigenvalue weighted by Crippen LogP contribution is -2.17. The Morgan fingerprint density at radius 1 is 1.06 bits per heavy atom. The van der Waals surface area contributed by atoms with Gasteiger partial charge in [-0.25, -0.2) is 4.98 Å². The Morgan fingerprint density at radius 2 is 1.78 bits per heavy atom. The fourth-order valence-electron chi connectivity index (χ4n) is 3.69. The van der Waals surface area contributed by atoms with E-state index in [0.29, 0.717) is 5.75 Å². The summed E-state index contributed by atoms with van der Waals surface area (Å²) in [5, 5.41) is 0. The summed E-state index contributed by atoms with van der Waals surface area (Å²) >= 11 is 1.78. The van der Waals surface area contributed by atoms with E-state index >= 15 is 0 Å². The molecule has 0 spiro atoms. The van der Waals surface area contributed by atoms with E-state index < -0.39 is 0 Å². The number of pyridine rings is 1. The van der Waals surface area contributed by atoms with E-state index in [0.717, 1.165) is 45.2 Å². The van der Waals surface area contributed by atoms with Gasteiger partial charge < -0.3 is 24.8 Å². The Labute approximate surface area is 191 Å². The maximum atomic E-state index is 12.2. The third-order valence-corrected chi connectivity index (χ3v) is 6.11. The number of hydrogen-bond donors (Lipinski definition) is 0. The van der Waals surface area contributed by atoms with Crippen molar-refractivity contribution in [3.05, 3.63) is 76.5 Å². The number of nitrogens with zero attached hydrogens (tertiary/aromatic N) is 3. The molecule has 0 aliphatic carbocycles. The van der Waals surface area contributed by atoms with E-state index in [1.165, 1.54) is 12.7 Å². The van der Waals surface area contributed by atoms with Crippen molar-refractivity contribution in [3.63, 3.8) is 0 Å². The summed E-state index contributed by atoms with van der Waals surface area (Å²) in [7, 11) is 3.28. The minimum Gasteiger partial charge on any atom is -0.491 e. The minimum absolute atomic E-state index is 0. The summed E-state index contributed by atoms with van der Waals surface area (Å²) in [6.07, 6.45) is 1.86. The Kier molecular flexibility index (Phi) is 8.26. The lowest BCUT2D eigenvalue weighted by Gasteiger charge is -2.12. The van der Waals surface area contributed by atoms with Crippen LogP contribution in [0.2, 0.25) is 0 Å². The predicted octanol–water partition coefficient (Wildman–Crippen LogP) is 3.23. The van der Waals surface area contributed by atoms with Crippen molar-refractivity contribution in [3.8, 4) is 16.9 Å². The SMILES string of the molecule is CCSc1cc(-c2cc(OC)c(=O)n(C)c2)cc2c1nc(C)n2Cc1ccccc1.O.O. The molecule has 8 heteroatoms. The molecule has 4 N–H and O–H groups in total. The first-order chi connectivity index (χ1) is 14.5. The van der Waals surface area contributed by atoms with Crippen LogP contribution < -0.4 is 10.3 Å². The number of methoxy groups -OCH3 is 1. The van der Waals surface area contributed by atoms with Gasteiger partial charge in [0.15, 0.2) is 5.75 Å². The molecule has 170 valence electrons. The fourth-order valence-corrected chi connectivity index (χ4v) is 4.50. The second kappa shape index (κ2) is 10.5. The molecule has 0 aliphatic heterocycles. The number of benzene rings is 2. The molecule has 2 heterocycles. The maximum absolute atomic E-state index is 12.2. The first-order valence-corrected chi connectivity index (χ1v) is 10.9. The van der Waals surface area contributed by atoms with Crippen molar-refractivity contribution in [2.24, 2.45) is 7.05 Å². The number of rotatable bonds is 6. The zero-order chi connectivity index (χ0) is 21.3. The summed E-state index contributed by atoms with van der Waals surface area (Å²) in [4.78, 5) is 18.3. The third kappa shape index (κ3) is 4.72. The van der Waals surface area contributed by atoms with Gasteiger partial charge in [-0.15, -0.1) is 11.8 Å². The summed E-state index contributed by atoms with van der Waals surface area (Å²) in [6.45, 7) is 4.96. The van der Waals surface area contributed by atoms with E-state index in [-0.39, 0.29) is 16.5 Å². The number of aryl methyl sites for hydroxylation is 2. The van der Waals surface area contributed by atoms with Gasteiger partial charge in [0, 0.05) is 30.2 Å². The van der Waals surface area contributed by atoms with Gasteiger partial charge in [0.1, 0.15) is 11.3 Å². The molecule has 0 aliphatic rings. The van der Waals surface area contributed by atoms with Gasteiger partial charge in [-0.1, -0.05) is 37.3 Å². The summed E-state index contributed by atoms with van der Waals surface area (Å²) < 4.78 is 9.13. The van der Waals surface area contributed by atoms with E-state index in [9.17, 15) is 4.79 Å². The second-order valence-electron chi connectivity index (χ2n) is 7.22. The van der Waals surface area contributed by atoms with Crippen LogP contribution in [-0.4, -0.2) is 37.9 Å². The van der Waals surface area contributed by atoms with Gasteiger partial charge in [-0.2, -0.15) is 0 Å². The van der Waals surface area contributed by atoms with Crippen LogP contribution in [0.3, 0.4) is 0 Å². The number of fused-ring (bicyclic) bond motifs is 1. The maximum Gasteiger partial charge on any atom is 0.292 e. The zero-order valence-electron chi connectivity index (χ0n) is 18.7. The number of imidazole rings is 1. The molecule has 0 amide bonds. The van der Waals surface area contributed by atoms with E-state index in [1.807, 2.05) is 18.3 Å². The van der Waals surface area contributed by atoms with Crippen molar-refractivity contribution in [2.75, 3.05) is 12.9 Å². The highest BCUT2D eigenvalue weighted by Crippen LogP contribution is 2.34. The second-order valence-corrected chi connectivity index (χ2v) is 8.52. The van der Waals surface area contributed by atoms with Crippen molar-refractivity contribution < 1.29 is 15.7 Å². The van der Waals surface area contributed by atoms with Crippen LogP contribution in [0.5, 0.6) is 5.75 Å². The minimum atomic E-state index is -0.143. The molecule has 0 bridgehead atoms. The first kappa shape index (κ1) is 25.2. The molecule has 2 aromatic heterocycles. The molecule has 7 nitrogen and oxygen atoms in total. The highest BCUT2D eigenvalue weighted by atomic mass is 32.2. The van der Waals surface area contributed by atoms with Gasteiger partial charge in [-0.05, 0) is 42.0 Å². The molecular weight excluding hydrogens is 426 g/mol. The fraction of sp³-hybridized carbons (Fsp3) is 0.250. The van der Waals surface area contributed by atoms with Crippen LogP contribution in [0.25, 0.3) is 22.2 Å². The van der Waals surface area contributed by atoms with Gasteiger partial charge >= 0.3 is 0 Å². The average molecular weight is 456 g/mol. The predicted molar refractivity (Wildman–Crippen MR) is 131 cm³/mol. The molecule has 32 heavy (non-hydrogen) atoms. The molecule has 0 fully saturated rings. The quantitative estimate of drug-likeness (QED) is 0.415. The number of aromatic nitrogens is 3. The molecule has 0 saturated heterocycles. The number of thioether (sulfide) groups is 1. The van der Waals surface area contributed by atoms with Gasteiger partial charge in [0.25, 0.3) is 5.56 Å². The van der Waals surface area contributed by atoms with Gasteiger partial charge in [-0.3, -0.25) is 4.79 Å². The van der Waals surface area contributed by atoms with Gasteiger partial charge in [0.05, 0.1) is 12.6 Å². The number of ether oxygens (including phenoxy) is 1. The average Bonchev–Trinajstić information content (AvgIpc) is 3.06. The summed E-state index contributed by atoms with van der Waals surface area (Å²) in [5.41, 5.74) is 5.20. The molecule has 4 aromatic rings. The van der Waals surface area contributed by atoms with E-state index in [2.05, 4.69) is 54.8 Å². The Balaban J connectivity index is 0.00000181. The summed E-state index contributed by atoms with van der Waals surface area (Å²) in [5.74, 6) is 2.29. The van der Waals surface area contributed by atoms with Crippen molar-refractivity contribution in [1.82, 2.24) is 14.1 Å². The monoisotopic (exact) mass is 455 g/mol. The van der Waals surface area contributed by atoms with Crippen LogP contribution in [0.15, 0.2) is 64.4 Å². The van der Waals surface area contributed by atoms with Crippen LogP contribution in [0.4, 0.5) is 0 Å². The molecular formula is C24H29N3O4S. The highest BCUT2D eigenvalue weighted by Gasteiger charge is 2.16. The van der Waals surface area contributed by atoms with E-state index in [1.54, 1.807) is 23.4 Å². The van der Waals surface area contributed by atoms with Crippen molar-refractivity contribution in [1.29, 1.82) is 0 Å². The van der Waals surface area contributed by atoms with Crippen molar-refractivity contribution in [2.45, 2.75) is 25.3 Å². The zero-order valence-corrected chi connectivity index (χ0v) is 19.5. The van der Waals surface area contributed by atoms with E-state index in [4.69, 9.17) is 9.72 Å². The van der Waals surface area contributed by atoms with Crippen LogP contribution >= 0.6 is 11.8 Å². The van der Waals surface area contributed by atoms with Crippen LogP contribution in [-0.2, 0) is 13.6 Å². The topological polar surface area (TPSA) is 112 Å². The third-order valence-electron chi connectivity index (χ3n) is 5.20. The smallest absolute Gasteiger partial charge is 0.292 e. The highest BCUT2D eigenvalue weighted by molar-refractivity contribution is 7.99. The number of hydrogen-bond acceptors (Lipinski definition) is 4. The van der Waals surface area contributed by atoms with Crippen molar-refractivity contribution >= 4 is 22.8 Å². The molecule has 2 aromatic carbocycles. The Hall–Kier alpha value is -3.07. The first-order valence-electron chi connectivity index (χ1n) is 9.94. The lowest BCUT2D eigenvalue weighted by atomic mass is 10.1. The van der Waals surface area contributed by atoms with Crippen LogP contribution in [0.1, 0.15) is 18.3 Å². The molecule has 0 saturated carbocycles. The Bertz CT molecular complexity index is 1270. The standard InChI is InChI=1S/C24H25N3O2S.2H2O/c1-5-30-22-13-18(19-12-21(29-4)24(28)26(3)15-19)11-20-23(22)25-16(2)27(20)14-17-9-7-6-8-10-17;;/h6-13,15H,5,14H2,1-4H3;2*1H2. The lowest BCUT2D eigenvalue weighted by molar-refractivity contribution is 0.405. The largest absolute Gasteiger partial charge is 0.491 e. The normalized spacial score (nSPS) is 10.5. The molecule has 0 radical (unpaired) electrons. The van der Waals surface area contributed by atoms with Gasteiger partial charge in [0.2, 0.25) is 0 Å². The molecule has 0 atom stereocenters. The van der Waals surface area contributed by atoms with Crippen LogP contribution in [0, 0.1) is 6.92 Å². The summed E-state index contributed by atoms with van der Waals surface area (Å²) in [6, 6.07) is 16.6.